The fraction of sp³-hybridized carbons (Fsp3) is 0.286. The number of hydrogen-bond donors (Lipinski definition) is 2. The monoisotopic (exact) mass is 262 g/mol. The molecule has 1 fully saturated rings. The van der Waals surface area contributed by atoms with E-state index < -0.39 is 0 Å². The number of aromatic hydroxyl groups is 1. The zero-order valence-electron chi connectivity index (χ0n) is 10.9. The number of likely N-dealkylation sites (tertiary alicyclic amines) is 1. The van der Waals surface area contributed by atoms with Crippen LogP contribution >= 0.6 is 0 Å². The van der Waals surface area contributed by atoms with E-state index in [-0.39, 0.29) is 17.6 Å². The van der Waals surface area contributed by atoms with Gasteiger partial charge in [-0.15, -0.1) is 0 Å². The molecule has 1 aromatic rings. The van der Waals surface area contributed by atoms with Crippen LogP contribution in [0, 0.1) is 0 Å². The molecule has 1 saturated heterocycles. The second kappa shape index (κ2) is 7.20. The van der Waals surface area contributed by atoms with Crippen molar-refractivity contribution in [1.82, 2.24) is 4.90 Å². The lowest BCUT2D eigenvalue weighted by atomic mass is 10.3. The summed E-state index contributed by atoms with van der Waals surface area (Å²) in [5, 5.41) is 11.5. The van der Waals surface area contributed by atoms with Gasteiger partial charge in [-0.25, -0.2) is 0 Å². The average Bonchev–Trinajstić information content (AvgIpc) is 2.78. The minimum Gasteiger partial charge on any atom is -0.508 e. The molecule has 1 aromatic carbocycles. The minimum atomic E-state index is -0.115. The Labute approximate surface area is 112 Å². The maximum Gasteiger partial charge on any atom is 0.226 e. The van der Waals surface area contributed by atoms with Crippen molar-refractivity contribution in [3.05, 3.63) is 37.0 Å². The zero-order valence-corrected chi connectivity index (χ0v) is 10.9. The quantitative estimate of drug-likeness (QED) is 0.802. The number of rotatable bonds is 2. The fourth-order valence-electron chi connectivity index (χ4n) is 1.61. The van der Waals surface area contributed by atoms with E-state index in [0.29, 0.717) is 12.1 Å². The number of carbonyl (C=O) groups excluding carboxylic acids is 2. The van der Waals surface area contributed by atoms with Gasteiger partial charge in [-0.05, 0) is 36.9 Å². The molecule has 1 heterocycles. The molecule has 0 saturated carbocycles. The van der Waals surface area contributed by atoms with E-state index in [9.17, 15) is 9.59 Å². The van der Waals surface area contributed by atoms with Crippen LogP contribution in [0.1, 0.15) is 19.8 Å². The molecule has 102 valence electrons. The molecule has 0 radical (unpaired) electrons. The molecule has 2 amide bonds. The molecule has 2 rings (SSSR count). The summed E-state index contributed by atoms with van der Waals surface area (Å²) in [4.78, 5) is 22.8. The molecule has 0 aromatic heterocycles. The second-order valence-electron chi connectivity index (χ2n) is 4.10. The molecule has 5 heteroatoms. The maximum atomic E-state index is 10.7. The summed E-state index contributed by atoms with van der Waals surface area (Å²) in [6.07, 6.45) is 3.28. The molecular formula is C14H18N2O3. The van der Waals surface area contributed by atoms with Gasteiger partial charge >= 0.3 is 0 Å². The fourth-order valence-corrected chi connectivity index (χ4v) is 1.61. The first-order valence-electron chi connectivity index (χ1n) is 6.01. The van der Waals surface area contributed by atoms with E-state index in [1.54, 1.807) is 23.2 Å². The minimum absolute atomic E-state index is 0.115. The number of amides is 2. The SMILES string of the molecule is C=CN1CCCC1=O.CC(=O)Nc1ccc(O)cc1. The predicted molar refractivity (Wildman–Crippen MR) is 73.6 cm³/mol. The van der Waals surface area contributed by atoms with Crippen LogP contribution < -0.4 is 5.32 Å². The summed E-state index contributed by atoms with van der Waals surface area (Å²) >= 11 is 0. The molecule has 1 aliphatic heterocycles. The Morgan fingerprint density at radius 1 is 1.42 bits per heavy atom. The number of carbonyl (C=O) groups is 2. The summed E-state index contributed by atoms with van der Waals surface area (Å²) < 4.78 is 0. The van der Waals surface area contributed by atoms with E-state index >= 15 is 0 Å². The van der Waals surface area contributed by atoms with Crippen LogP contribution in [0.5, 0.6) is 5.75 Å². The Kier molecular flexibility index (Phi) is 5.60. The van der Waals surface area contributed by atoms with Crippen molar-refractivity contribution in [2.75, 3.05) is 11.9 Å². The summed E-state index contributed by atoms with van der Waals surface area (Å²) in [5.41, 5.74) is 0.690. The van der Waals surface area contributed by atoms with Crippen molar-refractivity contribution in [2.45, 2.75) is 19.8 Å². The first-order chi connectivity index (χ1) is 9.02. The smallest absolute Gasteiger partial charge is 0.226 e. The highest BCUT2D eigenvalue weighted by Gasteiger charge is 2.15. The third-order valence-electron chi connectivity index (χ3n) is 2.52. The van der Waals surface area contributed by atoms with Crippen LogP contribution in [0.15, 0.2) is 37.0 Å². The van der Waals surface area contributed by atoms with Crippen LogP contribution in [0.25, 0.3) is 0 Å². The van der Waals surface area contributed by atoms with E-state index in [0.717, 1.165) is 13.0 Å². The molecule has 0 aliphatic carbocycles. The Morgan fingerprint density at radius 2 is 2.05 bits per heavy atom. The van der Waals surface area contributed by atoms with Gasteiger partial charge in [-0.2, -0.15) is 0 Å². The van der Waals surface area contributed by atoms with Crippen molar-refractivity contribution in [3.8, 4) is 5.75 Å². The lowest BCUT2D eigenvalue weighted by Crippen LogP contribution is -2.16. The van der Waals surface area contributed by atoms with Crippen molar-refractivity contribution >= 4 is 17.5 Å². The highest BCUT2D eigenvalue weighted by molar-refractivity contribution is 5.88. The second-order valence-corrected chi connectivity index (χ2v) is 4.10. The summed E-state index contributed by atoms with van der Waals surface area (Å²) in [6.45, 7) is 5.80. The molecule has 0 spiro atoms. The van der Waals surface area contributed by atoms with Gasteiger partial charge in [-0.3, -0.25) is 9.59 Å². The number of phenolic OH excluding ortho intramolecular Hbond substituents is 1. The van der Waals surface area contributed by atoms with Gasteiger partial charge < -0.3 is 15.3 Å². The first kappa shape index (κ1) is 14.8. The van der Waals surface area contributed by atoms with Crippen molar-refractivity contribution in [2.24, 2.45) is 0 Å². The molecule has 1 aliphatic rings. The normalized spacial score (nSPS) is 13.5. The van der Waals surface area contributed by atoms with E-state index in [4.69, 9.17) is 5.11 Å². The standard InChI is InChI=1S/C8H9NO2.C6H9NO/c1-6(10)9-7-2-4-8(11)5-3-7;1-2-7-5-3-4-6(7)8/h2-5,11H,1H3,(H,9,10);2H,1,3-5H2. The van der Waals surface area contributed by atoms with Crippen LogP contribution in [0.2, 0.25) is 0 Å². The zero-order chi connectivity index (χ0) is 14.3. The van der Waals surface area contributed by atoms with Gasteiger partial charge in [0.15, 0.2) is 0 Å². The van der Waals surface area contributed by atoms with E-state index in [1.807, 2.05) is 0 Å². The average molecular weight is 262 g/mol. The maximum absolute atomic E-state index is 10.7. The Morgan fingerprint density at radius 3 is 2.42 bits per heavy atom. The summed E-state index contributed by atoms with van der Waals surface area (Å²) in [5.74, 6) is 0.287. The van der Waals surface area contributed by atoms with Gasteiger partial charge in [0.2, 0.25) is 11.8 Å². The van der Waals surface area contributed by atoms with Gasteiger partial charge in [0.25, 0.3) is 0 Å². The van der Waals surface area contributed by atoms with E-state index in [1.165, 1.54) is 19.1 Å². The molecular weight excluding hydrogens is 244 g/mol. The van der Waals surface area contributed by atoms with Crippen LogP contribution in [-0.2, 0) is 9.59 Å². The van der Waals surface area contributed by atoms with Crippen LogP contribution in [-0.4, -0.2) is 28.4 Å². The van der Waals surface area contributed by atoms with Gasteiger partial charge in [0.1, 0.15) is 5.75 Å². The number of nitrogens with one attached hydrogen (secondary N) is 1. The number of benzene rings is 1. The third-order valence-corrected chi connectivity index (χ3v) is 2.52. The van der Waals surface area contributed by atoms with Crippen molar-refractivity contribution in [1.29, 1.82) is 0 Å². The number of nitrogens with zero attached hydrogens (tertiary/aromatic N) is 1. The Balaban J connectivity index is 0.000000200. The largest absolute Gasteiger partial charge is 0.508 e. The lowest BCUT2D eigenvalue weighted by molar-refractivity contribution is -0.125. The van der Waals surface area contributed by atoms with Crippen LogP contribution in [0.4, 0.5) is 5.69 Å². The van der Waals surface area contributed by atoms with E-state index in [2.05, 4.69) is 11.9 Å². The number of anilines is 1. The molecule has 19 heavy (non-hydrogen) atoms. The van der Waals surface area contributed by atoms with Gasteiger partial charge in [-0.1, -0.05) is 6.58 Å². The Hall–Kier alpha value is -2.30. The van der Waals surface area contributed by atoms with Crippen LogP contribution in [0.3, 0.4) is 0 Å². The molecule has 0 atom stereocenters. The third kappa shape index (κ3) is 5.25. The van der Waals surface area contributed by atoms with Crippen molar-refractivity contribution in [3.63, 3.8) is 0 Å². The first-order valence-corrected chi connectivity index (χ1v) is 6.01. The molecule has 0 unspecified atom stereocenters. The molecule has 0 bridgehead atoms. The summed E-state index contributed by atoms with van der Waals surface area (Å²) in [6, 6.07) is 6.31. The molecule has 2 N–H and O–H groups in total. The lowest BCUT2D eigenvalue weighted by Gasteiger charge is -2.05. The van der Waals surface area contributed by atoms with Gasteiger partial charge in [0.05, 0.1) is 0 Å². The topological polar surface area (TPSA) is 69.6 Å². The Bertz CT molecular complexity index is 454. The number of hydrogen-bond acceptors (Lipinski definition) is 3. The molecule has 5 nitrogen and oxygen atoms in total. The predicted octanol–water partition coefficient (Wildman–Crippen LogP) is 2.10. The van der Waals surface area contributed by atoms with Gasteiger partial charge in [0, 0.05) is 25.6 Å². The summed E-state index contributed by atoms with van der Waals surface area (Å²) in [7, 11) is 0. The number of phenols is 1. The van der Waals surface area contributed by atoms with Crippen molar-refractivity contribution < 1.29 is 14.7 Å². The highest BCUT2D eigenvalue weighted by atomic mass is 16.3. The highest BCUT2D eigenvalue weighted by Crippen LogP contribution is 2.13.